The van der Waals surface area contributed by atoms with Crippen LogP contribution in [-0.2, 0) is 11.2 Å². The van der Waals surface area contributed by atoms with Crippen molar-refractivity contribution in [3.8, 4) is 0 Å². The van der Waals surface area contributed by atoms with Gasteiger partial charge in [-0.15, -0.1) is 0 Å². The minimum Gasteiger partial charge on any atom is -0.462 e. The number of rotatable bonds is 3. The van der Waals surface area contributed by atoms with Gasteiger partial charge in [0.2, 0.25) is 0 Å². The van der Waals surface area contributed by atoms with Gasteiger partial charge in [0.15, 0.2) is 0 Å². The molecule has 0 atom stereocenters. The lowest BCUT2D eigenvalue weighted by Crippen LogP contribution is -2.24. The number of nitrogens with zero attached hydrogens (tertiary/aromatic N) is 1. The van der Waals surface area contributed by atoms with Gasteiger partial charge in [0, 0.05) is 11.2 Å². The smallest absolute Gasteiger partial charge is 0.343 e. The van der Waals surface area contributed by atoms with Crippen molar-refractivity contribution in [2.45, 2.75) is 20.3 Å². The van der Waals surface area contributed by atoms with Crippen LogP contribution in [0.1, 0.15) is 29.8 Å². The first-order valence-electron chi connectivity index (χ1n) is 6.09. The van der Waals surface area contributed by atoms with E-state index >= 15 is 0 Å². The monoisotopic (exact) mass is 279 g/mol. The summed E-state index contributed by atoms with van der Waals surface area (Å²) in [7, 11) is 0. The Morgan fingerprint density at radius 1 is 1.37 bits per heavy atom. The molecule has 2 heterocycles. The van der Waals surface area contributed by atoms with Gasteiger partial charge in [0.25, 0.3) is 5.56 Å². The van der Waals surface area contributed by atoms with Crippen molar-refractivity contribution in [2.75, 3.05) is 6.61 Å². The molecule has 2 aromatic heterocycles. The maximum Gasteiger partial charge on any atom is 0.343 e. The molecule has 0 spiro atoms. The highest BCUT2D eigenvalue weighted by Gasteiger charge is 2.16. The van der Waals surface area contributed by atoms with Crippen molar-refractivity contribution in [3.05, 3.63) is 50.9 Å². The highest BCUT2D eigenvalue weighted by molar-refractivity contribution is 6.30. The van der Waals surface area contributed by atoms with Crippen LogP contribution in [0.5, 0.6) is 0 Å². The van der Waals surface area contributed by atoms with Gasteiger partial charge in [0.05, 0.1) is 12.1 Å². The van der Waals surface area contributed by atoms with Gasteiger partial charge in [0.1, 0.15) is 5.56 Å². The minimum atomic E-state index is -0.591. The van der Waals surface area contributed by atoms with E-state index in [4.69, 9.17) is 16.3 Å². The number of carbonyl (C=O) groups is 1. The Kier molecular flexibility index (Phi) is 3.90. The van der Waals surface area contributed by atoms with Crippen LogP contribution in [0.2, 0.25) is 5.02 Å². The van der Waals surface area contributed by atoms with Crippen LogP contribution < -0.4 is 5.56 Å². The lowest BCUT2D eigenvalue weighted by molar-refractivity contribution is 0.0524. The summed E-state index contributed by atoms with van der Waals surface area (Å²) in [4.78, 5) is 24.0. The second-order valence-electron chi connectivity index (χ2n) is 4.06. The molecule has 0 aliphatic carbocycles. The summed E-state index contributed by atoms with van der Waals surface area (Å²) in [5.74, 6) is -0.591. The number of hydrogen-bond donors (Lipinski definition) is 0. The number of aromatic nitrogens is 1. The molecule has 0 amide bonds. The maximum absolute atomic E-state index is 12.2. The van der Waals surface area contributed by atoms with Crippen molar-refractivity contribution < 1.29 is 9.53 Å². The zero-order valence-corrected chi connectivity index (χ0v) is 11.5. The lowest BCUT2D eigenvalue weighted by Gasteiger charge is -2.09. The number of aryl methyl sites for hydroxylation is 1. The van der Waals surface area contributed by atoms with Crippen LogP contribution in [-0.4, -0.2) is 17.0 Å². The van der Waals surface area contributed by atoms with Gasteiger partial charge >= 0.3 is 5.97 Å². The van der Waals surface area contributed by atoms with E-state index in [9.17, 15) is 9.59 Å². The molecule has 0 N–H and O–H groups in total. The number of hydrogen-bond acceptors (Lipinski definition) is 3. The van der Waals surface area contributed by atoms with Crippen LogP contribution in [0.25, 0.3) is 5.52 Å². The van der Waals surface area contributed by atoms with E-state index in [1.807, 2.05) is 6.92 Å². The molecule has 0 aliphatic rings. The summed E-state index contributed by atoms with van der Waals surface area (Å²) in [6.07, 6.45) is 2.26. The van der Waals surface area contributed by atoms with Crippen molar-refractivity contribution in [1.29, 1.82) is 0 Å². The van der Waals surface area contributed by atoms with E-state index < -0.39 is 5.97 Å². The van der Waals surface area contributed by atoms with Crippen LogP contribution in [0.3, 0.4) is 0 Å². The molecule has 4 nitrogen and oxygen atoms in total. The van der Waals surface area contributed by atoms with E-state index in [0.717, 1.165) is 5.56 Å². The van der Waals surface area contributed by atoms with E-state index in [0.29, 0.717) is 17.0 Å². The summed E-state index contributed by atoms with van der Waals surface area (Å²) in [6.45, 7) is 3.90. The summed E-state index contributed by atoms with van der Waals surface area (Å²) >= 11 is 5.95. The Bertz CT molecular complexity index is 691. The van der Waals surface area contributed by atoms with Gasteiger partial charge < -0.3 is 4.74 Å². The highest BCUT2D eigenvalue weighted by Crippen LogP contribution is 2.17. The Labute approximate surface area is 115 Å². The third-order valence-corrected chi connectivity index (χ3v) is 3.13. The number of carbonyl (C=O) groups excluding carboxylic acids is 1. The molecule has 100 valence electrons. The Hall–Kier alpha value is -1.81. The highest BCUT2D eigenvalue weighted by atomic mass is 35.5. The van der Waals surface area contributed by atoms with Crippen molar-refractivity contribution in [2.24, 2.45) is 0 Å². The predicted molar refractivity (Wildman–Crippen MR) is 74.0 cm³/mol. The van der Waals surface area contributed by atoms with Crippen LogP contribution in [0, 0.1) is 0 Å². The molecule has 0 saturated carbocycles. The molecule has 0 saturated heterocycles. The van der Waals surface area contributed by atoms with Crippen LogP contribution >= 0.6 is 11.6 Å². The molecule has 0 bridgehead atoms. The molecule has 2 aromatic rings. The number of fused-ring (bicyclic) bond motifs is 1. The SMILES string of the molecule is CCOC(=O)c1cc(CC)c2cc(Cl)ccn2c1=O. The summed E-state index contributed by atoms with van der Waals surface area (Å²) in [6, 6.07) is 4.92. The first-order chi connectivity index (χ1) is 9.08. The number of halogens is 1. The number of pyridine rings is 2. The average molecular weight is 280 g/mol. The van der Waals surface area contributed by atoms with Gasteiger partial charge in [-0.2, -0.15) is 0 Å². The predicted octanol–water partition coefficient (Wildman–Crippen LogP) is 2.69. The third-order valence-electron chi connectivity index (χ3n) is 2.89. The molecule has 0 radical (unpaired) electrons. The average Bonchev–Trinajstić information content (AvgIpc) is 2.39. The number of esters is 1. The normalized spacial score (nSPS) is 10.7. The Morgan fingerprint density at radius 2 is 2.11 bits per heavy atom. The maximum atomic E-state index is 12.2. The first-order valence-corrected chi connectivity index (χ1v) is 6.47. The molecule has 5 heteroatoms. The summed E-state index contributed by atoms with van der Waals surface area (Å²) in [5, 5.41) is 0.554. The van der Waals surface area contributed by atoms with E-state index in [-0.39, 0.29) is 17.7 Å². The van der Waals surface area contributed by atoms with Crippen LogP contribution in [0.4, 0.5) is 0 Å². The Balaban J connectivity index is 2.76. The zero-order chi connectivity index (χ0) is 14.0. The minimum absolute atomic E-state index is 0.0542. The zero-order valence-electron chi connectivity index (χ0n) is 10.8. The molecule has 0 unspecified atom stereocenters. The van der Waals surface area contributed by atoms with Gasteiger partial charge in [-0.25, -0.2) is 4.79 Å². The summed E-state index contributed by atoms with van der Waals surface area (Å²) in [5.41, 5.74) is 1.26. The van der Waals surface area contributed by atoms with Gasteiger partial charge in [-0.05, 0) is 37.1 Å². The lowest BCUT2D eigenvalue weighted by atomic mass is 10.1. The number of ether oxygens (including phenoxy) is 1. The van der Waals surface area contributed by atoms with Crippen LogP contribution in [0.15, 0.2) is 29.2 Å². The van der Waals surface area contributed by atoms with Crippen molar-refractivity contribution >= 4 is 23.1 Å². The molecule has 2 rings (SSSR count). The van der Waals surface area contributed by atoms with Gasteiger partial charge in [-0.1, -0.05) is 18.5 Å². The quantitative estimate of drug-likeness (QED) is 0.812. The third kappa shape index (κ3) is 2.49. The molecule has 0 aromatic carbocycles. The Morgan fingerprint density at radius 3 is 2.74 bits per heavy atom. The second kappa shape index (κ2) is 5.45. The van der Waals surface area contributed by atoms with E-state index in [2.05, 4.69) is 0 Å². The fraction of sp³-hybridized carbons (Fsp3) is 0.286. The van der Waals surface area contributed by atoms with Crippen molar-refractivity contribution in [3.63, 3.8) is 0 Å². The molecular formula is C14H14ClNO3. The standard InChI is InChI=1S/C14H14ClNO3/c1-3-9-7-11(14(18)19-4-2)13(17)16-6-5-10(15)8-12(9)16/h5-8H,3-4H2,1-2H3. The molecular weight excluding hydrogens is 266 g/mol. The molecule has 19 heavy (non-hydrogen) atoms. The van der Waals surface area contributed by atoms with Crippen molar-refractivity contribution in [1.82, 2.24) is 4.40 Å². The van der Waals surface area contributed by atoms with Gasteiger partial charge in [-0.3, -0.25) is 9.20 Å². The fourth-order valence-electron chi connectivity index (χ4n) is 1.98. The fourth-order valence-corrected chi connectivity index (χ4v) is 2.14. The first kappa shape index (κ1) is 13.6. The van der Waals surface area contributed by atoms with E-state index in [1.54, 1.807) is 31.3 Å². The van der Waals surface area contributed by atoms with E-state index in [1.165, 1.54) is 4.40 Å². The second-order valence-corrected chi connectivity index (χ2v) is 4.50. The molecule has 0 aliphatic heterocycles. The summed E-state index contributed by atoms with van der Waals surface area (Å²) < 4.78 is 6.33. The topological polar surface area (TPSA) is 47.8 Å². The largest absolute Gasteiger partial charge is 0.462 e. The molecule has 0 fully saturated rings.